The van der Waals surface area contributed by atoms with Gasteiger partial charge in [-0.1, -0.05) is 19.9 Å². The monoisotopic (exact) mass is 396 g/mol. The third kappa shape index (κ3) is 6.04. The number of hydrogen-bond donors (Lipinski definition) is 2. The van der Waals surface area contributed by atoms with Gasteiger partial charge in [0, 0.05) is 31.6 Å². The van der Waals surface area contributed by atoms with Gasteiger partial charge in [-0.3, -0.25) is 9.59 Å². The maximum absolute atomic E-state index is 13.0. The molecule has 1 amide bonds. The topological polar surface area (TPSA) is 104 Å². The van der Waals surface area contributed by atoms with Crippen LogP contribution in [0, 0.1) is 11.8 Å². The van der Waals surface area contributed by atoms with Crippen LogP contribution in [0.5, 0.6) is 0 Å². The van der Waals surface area contributed by atoms with E-state index < -0.39 is 16.0 Å². The van der Waals surface area contributed by atoms with E-state index in [4.69, 9.17) is 5.11 Å². The Balaban J connectivity index is 2.03. The van der Waals surface area contributed by atoms with Crippen LogP contribution in [0.1, 0.15) is 49.9 Å². The zero-order chi connectivity index (χ0) is 20.0. The van der Waals surface area contributed by atoms with Crippen molar-refractivity contribution < 1.29 is 23.1 Å². The summed E-state index contributed by atoms with van der Waals surface area (Å²) in [6.07, 6.45) is 2.11. The van der Waals surface area contributed by atoms with Gasteiger partial charge in [0.05, 0.1) is 4.90 Å². The summed E-state index contributed by atoms with van der Waals surface area (Å²) in [5.74, 6) is -0.607. The van der Waals surface area contributed by atoms with Gasteiger partial charge in [-0.05, 0) is 49.3 Å². The highest BCUT2D eigenvalue weighted by Gasteiger charge is 2.31. The summed E-state index contributed by atoms with van der Waals surface area (Å²) in [5, 5.41) is 11.3. The molecule has 0 aromatic heterocycles. The minimum Gasteiger partial charge on any atom is -0.481 e. The molecule has 1 aromatic rings. The Bertz CT molecular complexity index is 768. The molecule has 1 fully saturated rings. The number of amides is 1. The first-order chi connectivity index (χ1) is 12.7. The molecule has 7 nitrogen and oxygen atoms in total. The predicted octanol–water partition coefficient (Wildman–Crippen LogP) is 2.34. The third-order valence-corrected chi connectivity index (χ3v) is 6.50. The number of sulfonamides is 1. The summed E-state index contributed by atoms with van der Waals surface area (Å²) < 4.78 is 27.4. The number of carboxylic acid groups (broad SMARTS) is 1. The van der Waals surface area contributed by atoms with Crippen LogP contribution < -0.4 is 5.32 Å². The number of rotatable bonds is 8. The van der Waals surface area contributed by atoms with E-state index >= 15 is 0 Å². The SMILES string of the molecule is CC1CC(C)CN(S(=O)(=O)c2cccc(C(=O)NCCCCC(=O)O)c2)C1. The number of piperidine rings is 1. The number of carboxylic acids is 1. The van der Waals surface area contributed by atoms with Crippen molar-refractivity contribution in [2.45, 2.75) is 44.4 Å². The summed E-state index contributed by atoms with van der Waals surface area (Å²) in [7, 11) is -3.63. The van der Waals surface area contributed by atoms with Crippen LogP contribution in [0.4, 0.5) is 0 Å². The minimum atomic E-state index is -3.63. The minimum absolute atomic E-state index is 0.0658. The number of hydrogen-bond acceptors (Lipinski definition) is 4. The number of aliphatic carboxylic acids is 1. The quantitative estimate of drug-likeness (QED) is 0.657. The van der Waals surface area contributed by atoms with Crippen LogP contribution in [-0.4, -0.2) is 49.3 Å². The Kier molecular flexibility index (Phi) is 7.38. The van der Waals surface area contributed by atoms with Crippen molar-refractivity contribution in [3.63, 3.8) is 0 Å². The van der Waals surface area contributed by atoms with Crippen LogP contribution in [0.2, 0.25) is 0 Å². The van der Waals surface area contributed by atoms with Gasteiger partial charge in [0.1, 0.15) is 0 Å². The van der Waals surface area contributed by atoms with Gasteiger partial charge in [-0.2, -0.15) is 4.31 Å². The number of nitrogens with zero attached hydrogens (tertiary/aromatic N) is 1. The first-order valence-electron chi connectivity index (χ1n) is 9.30. The maximum atomic E-state index is 13.0. The molecule has 0 radical (unpaired) electrons. The summed E-state index contributed by atoms with van der Waals surface area (Å²) in [5.41, 5.74) is 0.285. The second-order valence-corrected chi connectivity index (χ2v) is 9.34. The van der Waals surface area contributed by atoms with Gasteiger partial charge in [-0.25, -0.2) is 8.42 Å². The average molecular weight is 397 g/mol. The van der Waals surface area contributed by atoms with Crippen LogP contribution in [-0.2, 0) is 14.8 Å². The van der Waals surface area contributed by atoms with Crippen LogP contribution in [0.25, 0.3) is 0 Å². The van der Waals surface area contributed by atoms with E-state index in [1.54, 1.807) is 12.1 Å². The Morgan fingerprint density at radius 2 is 1.85 bits per heavy atom. The molecule has 1 saturated heterocycles. The molecule has 0 aliphatic carbocycles. The molecule has 0 saturated carbocycles. The number of unbranched alkanes of at least 4 members (excludes halogenated alkanes) is 1. The fourth-order valence-electron chi connectivity index (χ4n) is 3.45. The van der Waals surface area contributed by atoms with Gasteiger partial charge < -0.3 is 10.4 Å². The van der Waals surface area contributed by atoms with Gasteiger partial charge in [0.25, 0.3) is 5.91 Å². The number of nitrogens with one attached hydrogen (secondary N) is 1. The van der Waals surface area contributed by atoms with E-state index in [2.05, 4.69) is 5.32 Å². The fourth-order valence-corrected chi connectivity index (χ4v) is 5.18. The maximum Gasteiger partial charge on any atom is 0.303 e. The normalized spacial score (nSPS) is 21.0. The Morgan fingerprint density at radius 1 is 1.19 bits per heavy atom. The highest BCUT2D eigenvalue weighted by molar-refractivity contribution is 7.89. The molecule has 1 aromatic carbocycles. The summed E-state index contributed by atoms with van der Waals surface area (Å²) in [6.45, 7) is 5.43. The lowest BCUT2D eigenvalue weighted by Crippen LogP contribution is -2.42. The van der Waals surface area contributed by atoms with Crippen molar-refractivity contribution in [3.8, 4) is 0 Å². The van der Waals surface area contributed by atoms with Crippen molar-refractivity contribution in [1.29, 1.82) is 0 Å². The lowest BCUT2D eigenvalue weighted by atomic mass is 9.94. The molecule has 2 atom stereocenters. The lowest BCUT2D eigenvalue weighted by molar-refractivity contribution is -0.137. The van der Waals surface area contributed by atoms with Crippen molar-refractivity contribution in [3.05, 3.63) is 29.8 Å². The zero-order valence-corrected chi connectivity index (χ0v) is 16.7. The molecule has 2 rings (SSSR count). The molecule has 27 heavy (non-hydrogen) atoms. The van der Waals surface area contributed by atoms with Crippen molar-refractivity contribution in [2.75, 3.05) is 19.6 Å². The van der Waals surface area contributed by atoms with Crippen molar-refractivity contribution in [1.82, 2.24) is 9.62 Å². The van der Waals surface area contributed by atoms with Crippen LogP contribution in [0.15, 0.2) is 29.2 Å². The van der Waals surface area contributed by atoms with Crippen molar-refractivity contribution in [2.24, 2.45) is 11.8 Å². The summed E-state index contributed by atoms with van der Waals surface area (Å²) >= 11 is 0. The van der Waals surface area contributed by atoms with E-state index in [0.29, 0.717) is 44.3 Å². The first-order valence-corrected chi connectivity index (χ1v) is 10.7. The van der Waals surface area contributed by atoms with E-state index in [0.717, 1.165) is 6.42 Å². The van der Waals surface area contributed by atoms with Gasteiger partial charge in [0.2, 0.25) is 10.0 Å². The zero-order valence-electron chi connectivity index (χ0n) is 15.8. The molecule has 1 aliphatic heterocycles. The van der Waals surface area contributed by atoms with Gasteiger partial charge in [-0.15, -0.1) is 0 Å². The highest BCUT2D eigenvalue weighted by Crippen LogP contribution is 2.27. The predicted molar refractivity (Wildman–Crippen MR) is 102 cm³/mol. The second-order valence-electron chi connectivity index (χ2n) is 7.40. The van der Waals surface area contributed by atoms with Gasteiger partial charge >= 0.3 is 5.97 Å². The Labute approximate surface area is 160 Å². The summed E-state index contributed by atoms with van der Waals surface area (Å²) in [4.78, 5) is 22.9. The smallest absolute Gasteiger partial charge is 0.303 e. The molecule has 8 heteroatoms. The highest BCUT2D eigenvalue weighted by atomic mass is 32.2. The molecule has 0 spiro atoms. The fraction of sp³-hybridized carbons (Fsp3) is 0.579. The molecule has 1 aliphatic rings. The van der Waals surface area contributed by atoms with E-state index in [1.165, 1.54) is 16.4 Å². The first kappa shape index (κ1) is 21.4. The molecular formula is C19H28N2O5S. The molecular weight excluding hydrogens is 368 g/mol. The second kappa shape index (κ2) is 9.32. The Morgan fingerprint density at radius 3 is 2.48 bits per heavy atom. The number of carbonyl (C=O) groups is 2. The third-order valence-electron chi connectivity index (χ3n) is 4.67. The average Bonchev–Trinajstić information content (AvgIpc) is 2.60. The standard InChI is InChI=1S/C19H28N2O5S/c1-14-10-15(2)13-21(12-14)27(25,26)17-7-5-6-16(11-17)19(24)20-9-4-3-8-18(22)23/h5-7,11,14-15H,3-4,8-10,12-13H2,1-2H3,(H,20,24)(H,22,23). The van der Waals surface area contributed by atoms with Crippen molar-refractivity contribution >= 4 is 21.9 Å². The molecule has 150 valence electrons. The lowest BCUT2D eigenvalue weighted by Gasteiger charge is -2.34. The molecule has 2 N–H and O–H groups in total. The summed E-state index contributed by atoms with van der Waals surface area (Å²) in [6, 6.07) is 6.07. The molecule has 1 heterocycles. The van der Waals surface area contributed by atoms with E-state index in [9.17, 15) is 18.0 Å². The molecule has 0 bridgehead atoms. The largest absolute Gasteiger partial charge is 0.481 e. The van der Waals surface area contributed by atoms with Crippen LogP contribution in [0.3, 0.4) is 0 Å². The van der Waals surface area contributed by atoms with Crippen LogP contribution >= 0.6 is 0 Å². The van der Waals surface area contributed by atoms with E-state index in [1.807, 2.05) is 13.8 Å². The number of benzene rings is 1. The number of carbonyl (C=O) groups excluding carboxylic acids is 1. The molecule has 2 unspecified atom stereocenters. The Hall–Kier alpha value is -1.93. The van der Waals surface area contributed by atoms with Gasteiger partial charge in [0.15, 0.2) is 0 Å². The van der Waals surface area contributed by atoms with E-state index in [-0.39, 0.29) is 22.8 Å².